The molecule has 0 spiro atoms. The summed E-state index contributed by atoms with van der Waals surface area (Å²) in [6.07, 6.45) is 7.89. The Balaban J connectivity index is 1.84. The lowest BCUT2D eigenvalue weighted by atomic mass is 9.75. The molecule has 0 bridgehead atoms. The van der Waals surface area contributed by atoms with Crippen molar-refractivity contribution in [3.8, 4) is 0 Å². The van der Waals surface area contributed by atoms with Crippen LogP contribution in [0.2, 0.25) is 0 Å². The molecule has 3 atom stereocenters. The molecular formula is C17H34N4O. The lowest BCUT2D eigenvalue weighted by molar-refractivity contribution is 0.0793. The van der Waals surface area contributed by atoms with Crippen molar-refractivity contribution >= 4 is 5.96 Å². The molecule has 0 aromatic carbocycles. The Morgan fingerprint density at radius 3 is 2.68 bits per heavy atom. The maximum Gasteiger partial charge on any atom is 0.191 e. The molecule has 1 aliphatic heterocycles. The van der Waals surface area contributed by atoms with E-state index in [0.29, 0.717) is 6.10 Å². The van der Waals surface area contributed by atoms with E-state index >= 15 is 0 Å². The molecule has 0 aromatic rings. The van der Waals surface area contributed by atoms with Crippen molar-refractivity contribution in [2.24, 2.45) is 10.9 Å². The molecule has 1 aliphatic carbocycles. The van der Waals surface area contributed by atoms with E-state index in [1.54, 1.807) is 0 Å². The Bertz CT molecular complexity index is 366. The van der Waals surface area contributed by atoms with Crippen LogP contribution in [-0.2, 0) is 4.74 Å². The molecule has 128 valence electrons. The van der Waals surface area contributed by atoms with Gasteiger partial charge in [0.2, 0.25) is 0 Å². The highest BCUT2D eigenvalue weighted by Crippen LogP contribution is 2.35. The highest BCUT2D eigenvalue weighted by Gasteiger charge is 2.36. The molecular weight excluding hydrogens is 276 g/mol. The van der Waals surface area contributed by atoms with Crippen LogP contribution in [-0.4, -0.2) is 63.3 Å². The Morgan fingerprint density at radius 1 is 1.27 bits per heavy atom. The smallest absolute Gasteiger partial charge is 0.191 e. The first-order valence-corrected chi connectivity index (χ1v) is 8.79. The molecule has 1 saturated heterocycles. The molecule has 22 heavy (non-hydrogen) atoms. The number of aliphatic imine (C=N–C) groups is 1. The SMILES string of the molecule is CN=C(NCC1CCCO1)NCC1(N(C)C)CCCC(C)C1. The van der Waals surface area contributed by atoms with Gasteiger partial charge >= 0.3 is 0 Å². The fraction of sp³-hybridized carbons (Fsp3) is 0.941. The van der Waals surface area contributed by atoms with E-state index in [4.69, 9.17) is 4.74 Å². The molecule has 3 unspecified atom stereocenters. The predicted molar refractivity (Wildman–Crippen MR) is 92.4 cm³/mol. The summed E-state index contributed by atoms with van der Waals surface area (Å²) in [5, 5.41) is 6.96. The van der Waals surface area contributed by atoms with Gasteiger partial charge in [0.1, 0.15) is 0 Å². The van der Waals surface area contributed by atoms with Gasteiger partial charge in [0.25, 0.3) is 0 Å². The van der Waals surface area contributed by atoms with Gasteiger partial charge in [-0.15, -0.1) is 0 Å². The number of nitrogens with zero attached hydrogens (tertiary/aromatic N) is 2. The van der Waals surface area contributed by atoms with Gasteiger partial charge in [-0.3, -0.25) is 4.99 Å². The summed E-state index contributed by atoms with van der Waals surface area (Å²) >= 11 is 0. The molecule has 5 heteroatoms. The molecule has 2 fully saturated rings. The van der Waals surface area contributed by atoms with E-state index in [1.165, 1.54) is 32.1 Å². The topological polar surface area (TPSA) is 48.9 Å². The van der Waals surface area contributed by atoms with Crippen molar-refractivity contribution in [3.05, 3.63) is 0 Å². The number of ether oxygens (including phenoxy) is 1. The van der Waals surface area contributed by atoms with Crippen molar-refractivity contribution in [1.82, 2.24) is 15.5 Å². The van der Waals surface area contributed by atoms with Crippen LogP contribution in [0, 0.1) is 5.92 Å². The number of rotatable bonds is 5. The summed E-state index contributed by atoms with van der Waals surface area (Å²) in [6, 6.07) is 0. The first-order chi connectivity index (χ1) is 10.6. The number of likely N-dealkylation sites (N-methyl/N-ethyl adjacent to an activating group) is 1. The van der Waals surface area contributed by atoms with Gasteiger partial charge in [0.05, 0.1) is 6.10 Å². The molecule has 0 radical (unpaired) electrons. The second kappa shape index (κ2) is 8.16. The van der Waals surface area contributed by atoms with Crippen molar-refractivity contribution < 1.29 is 4.74 Å². The molecule has 1 saturated carbocycles. The van der Waals surface area contributed by atoms with Gasteiger partial charge in [0, 0.05) is 32.3 Å². The van der Waals surface area contributed by atoms with Gasteiger partial charge in [-0.25, -0.2) is 0 Å². The fourth-order valence-electron chi connectivity index (χ4n) is 3.84. The number of hydrogen-bond donors (Lipinski definition) is 2. The van der Waals surface area contributed by atoms with Crippen LogP contribution in [0.1, 0.15) is 45.4 Å². The van der Waals surface area contributed by atoms with Crippen LogP contribution in [0.4, 0.5) is 0 Å². The Labute approximate surface area is 135 Å². The summed E-state index contributed by atoms with van der Waals surface area (Å²) in [4.78, 5) is 6.77. The van der Waals surface area contributed by atoms with Crippen molar-refractivity contribution in [3.63, 3.8) is 0 Å². The van der Waals surface area contributed by atoms with Gasteiger partial charge in [-0.05, 0) is 45.7 Å². The fourth-order valence-corrected chi connectivity index (χ4v) is 3.84. The number of guanidine groups is 1. The standard InChI is InChI=1S/C17H34N4O/c1-14-7-5-9-17(11-14,21(3)4)13-20-16(18-2)19-12-15-8-6-10-22-15/h14-15H,5-13H2,1-4H3,(H2,18,19,20). The zero-order valence-corrected chi connectivity index (χ0v) is 14.8. The highest BCUT2D eigenvalue weighted by molar-refractivity contribution is 5.79. The third-order valence-corrected chi connectivity index (χ3v) is 5.35. The summed E-state index contributed by atoms with van der Waals surface area (Å²) in [5.74, 6) is 1.70. The molecule has 0 aromatic heterocycles. The average molecular weight is 310 g/mol. The van der Waals surface area contributed by atoms with E-state index in [-0.39, 0.29) is 5.54 Å². The van der Waals surface area contributed by atoms with E-state index < -0.39 is 0 Å². The largest absolute Gasteiger partial charge is 0.376 e. The molecule has 2 rings (SSSR count). The van der Waals surface area contributed by atoms with E-state index in [9.17, 15) is 0 Å². The first-order valence-electron chi connectivity index (χ1n) is 8.79. The minimum atomic E-state index is 0.249. The quantitative estimate of drug-likeness (QED) is 0.601. The summed E-state index contributed by atoms with van der Waals surface area (Å²) in [6.45, 7) is 5.09. The summed E-state index contributed by atoms with van der Waals surface area (Å²) in [7, 11) is 6.27. The molecule has 1 heterocycles. The number of hydrogen-bond acceptors (Lipinski definition) is 3. The second-order valence-corrected chi connectivity index (χ2v) is 7.26. The highest BCUT2D eigenvalue weighted by atomic mass is 16.5. The van der Waals surface area contributed by atoms with Crippen LogP contribution in [0.15, 0.2) is 4.99 Å². The third-order valence-electron chi connectivity index (χ3n) is 5.35. The van der Waals surface area contributed by atoms with Crippen LogP contribution >= 0.6 is 0 Å². The van der Waals surface area contributed by atoms with Crippen molar-refractivity contribution in [1.29, 1.82) is 0 Å². The van der Waals surface area contributed by atoms with Crippen LogP contribution in [0.5, 0.6) is 0 Å². The molecule has 5 nitrogen and oxygen atoms in total. The minimum Gasteiger partial charge on any atom is -0.376 e. The maximum atomic E-state index is 5.66. The van der Waals surface area contributed by atoms with E-state index in [2.05, 4.69) is 41.5 Å². The van der Waals surface area contributed by atoms with Crippen LogP contribution in [0.3, 0.4) is 0 Å². The van der Waals surface area contributed by atoms with Gasteiger partial charge < -0.3 is 20.3 Å². The van der Waals surface area contributed by atoms with Gasteiger partial charge in [-0.1, -0.05) is 19.8 Å². The van der Waals surface area contributed by atoms with Crippen LogP contribution in [0.25, 0.3) is 0 Å². The van der Waals surface area contributed by atoms with E-state index in [1.807, 2.05) is 7.05 Å². The Kier molecular flexibility index (Phi) is 6.50. The van der Waals surface area contributed by atoms with Crippen LogP contribution < -0.4 is 10.6 Å². The molecule has 2 aliphatic rings. The minimum absolute atomic E-state index is 0.249. The Morgan fingerprint density at radius 2 is 2.09 bits per heavy atom. The zero-order chi connectivity index (χ0) is 16.0. The maximum absolute atomic E-state index is 5.66. The monoisotopic (exact) mass is 310 g/mol. The number of nitrogens with one attached hydrogen (secondary N) is 2. The lowest BCUT2D eigenvalue weighted by Gasteiger charge is -2.45. The second-order valence-electron chi connectivity index (χ2n) is 7.26. The zero-order valence-electron chi connectivity index (χ0n) is 14.8. The van der Waals surface area contributed by atoms with Crippen molar-refractivity contribution in [2.75, 3.05) is 40.8 Å². The molecule has 2 N–H and O–H groups in total. The third kappa shape index (κ3) is 4.59. The van der Waals surface area contributed by atoms with E-state index in [0.717, 1.165) is 38.0 Å². The lowest BCUT2D eigenvalue weighted by Crippen LogP contribution is -2.56. The van der Waals surface area contributed by atoms with Gasteiger partial charge in [0.15, 0.2) is 5.96 Å². The summed E-state index contributed by atoms with van der Waals surface area (Å²) < 4.78 is 5.66. The predicted octanol–water partition coefficient (Wildman–Crippen LogP) is 1.84. The summed E-state index contributed by atoms with van der Waals surface area (Å²) in [5.41, 5.74) is 0.249. The average Bonchev–Trinajstić information content (AvgIpc) is 3.00. The van der Waals surface area contributed by atoms with Crippen molar-refractivity contribution in [2.45, 2.75) is 57.1 Å². The normalized spacial score (nSPS) is 33.2. The first kappa shape index (κ1) is 17.5. The van der Waals surface area contributed by atoms with Gasteiger partial charge in [-0.2, -0.15) is 0 Å². The Hall–Kier alpha value is -0.810. The molecule has 0 amide bonds.